The molecule has 0 spiro atoms. The monoisotopic (exact) mass is 504 g/mol. The number of aromatic nitrogens is 4. The molecule has 2 aromatic carbocycles. The van der Waals surface area contributed by atoms with Crippen LogP contribution in [-0.2, 0) is 11.2 Å². The summed E-state index contributed by atoms with van der Waals surface area (Å²) < 4.78 is 5.49. The molecule has 0 radical (unpaired) electrons. The average molecular weight is 505 g/mol. The molecule has 9 nitrogen and oxygen atoms in total. The average Bonchev–Trinajstić information content (AvgIpc) is 2.92. The van der Waals surface area contributed by atoms with Crippen LogP contribution in [-0.4, -0.2) is 59.3 Å². The lowest BCUT2D eigenvalue weighted by atomic mass is 10.1. The number of anilines is 5. The van der Waals surface area contributed by atoms with Crippen LogP contribution in [0.1, 0.15) is 12.5 Å². The Morgan fingerprint density at radius 2 is 1.69 bits per heavy atom. The lowest BCUT2D eigenvalue weighted by Gasteiger charge is -2.27. The number of ether oxygens (including phenoxy) is 1. The van der Waals surface area contributed by atoms with Crippen LogP contribution in [0.5, 0.6) is 0 Å². The molecular formula is C26H29ClN8O. The quantitative estimate of drug-likeness (QED) is 0.279. The molecule has 36 heavy (non-hydrogen) atoms. The van der Waals surface area contributed by atoms with Crippen molar-refractivity contribution >= 4 is 51.7 Å². The number of aryl methyl sites for hydroxylation is 1. The third kappa shape index (κ3) is 5.92. The first-order valence-corrected chi connectivity index (χ1v) is 12.5. The van der Waals surface area contributed by atoms with Gasteiger partial charge in [-0.15, -0.1) is 0 Å². The maximum Gasteiger partial charge on any atom is 0.233 e. The van der Waals surface area contributed by atoms with Crippen LogP contribution in [0.2, 0.25) is 5.02 Å². The summed E-state index contributed by atoms with van der Waals surface area (Å²) in [6.45, 7) is 6.23. The van der Waals surface area contributed by atoms with Crippen molar-refractivity contribution in [1.29, 1.82) is 0 Å². The van der Waals surface area contributed by atoms with E-state index < -0.39 is 0 Å². The van der Waals surface area contributed by atoms with E-state index in [1.54, 1.807) is 6.20 Å². The van der Waals surface area contributed by atoms with E-state index in [0.717, 1.165) is 41.8 Å². The van der Waals surface area contributed by atoms with E-state index >= 15 is 0 Å². The standard InChI is InChI=1S/C26H29ClN8O/c1-2-18-3-6-20(7-4-18)31-25-32-24(33-26(34-25)35-13-15-36-16-14-35)30-12-11-29-22-9-10-28-23-17-19(27)5-8-21(22)23/h3-10,17H,2,11-16H2,1H3,(H,28,29)(H2,30,31,32,33,34). The van der Waals surface area contributed by atoms with Crippen molar-refractivity contribution in [2.24, 2.45) is 0 Å². The van der Waals surface area contributed by atoms with Crippen molar-refractivity contribution in [3.63, 3.8) is 0 Å². The Balaban J connectivity index is 1.28. The molecular weight excluding hydrogens is 476 g/mol. The highest BCUT2D eigenvalue weighted by Crippen LogP contribution is 2.24. The summed E-state index contributed by atoms with van der Waals surface area (Å²) in [5.41, 5.74) is 4.07. The number of hydrogen-bond acceptors (Lipinski definition) is 9. The van der Waals surface area contributed by atoms with Crippen LogP contribution in [0.25, 0.3) is 10.9 Å². The highest BCUT2D eigenvalue weighted by atomic mass is 35.5. The third-order valence-corrected chi connectivity index (χ3v) is 6.20. The highest BCUT2D eigenvalue weighted by molar-refractivity contribution is 6.31. The van der Waals surface area contributed by atoms with E-state index in [0.29, 0.717) is 49.2 Å². The minimum Gasteiger partial charge on any atom is -0.383 e. The van der Waals surface area contributed by atoms with Gasteiger partial charge in [-0.05, 0) is 48.4 Å². The molecule has 0 unspecified atom stereocenters. The zero-order valence-corrected chi connectivity index (χ0v) is 20.9. The molecule has 0 aliphatic carbocycles. The molecule has 1 aliphatic heterocycles. The van der Waals surface area contributed by atoms with Crippen LogP contribution < -0.4 is 20.9 Å². The molecule has 1 saturated heterocycles. The first-order valence-electron chi connectivity index (χ1n) is 12.1. The van der Waals surface area contributed by atoms with Crippen molar-refractivity contribution in [2.75, 3.05) is 60.2 Å². The van der Waals surface area contributed by atoms with Crippen molar-refractivity contribution in [2.45, 2.75) is 13.3 Å². The van der Waals surface area contributed by atoms with Crippen molar-refractivity contribution < 1.29 is 4.74 Å². The molecule has 0 saturated carbocycles. The predicted molar refractivity (Wildman–Crippen MR) is 146 cm³/mol. The van der Waals surface area contributed by atoms with Gasteiger partial charge in [0.25, 0.3) is 0 Å². The van der Waals surface area contributed by atoms with Gasteiger partial charge in [0.1, 0.15) is 0 Å². The van der Waals surface area contributed by atoms with Gasteiger partial charge in [-0.2, -0.15) is 15.0 Å². The fraction of sp³-hybridized carbons (Fsp3) is 0.308. The smallest absolute Gasteiger partial charge is 0.233 e. The summed E-state index contributed by atoms with van der Waals surface area (Å²) in [5.74, 6) is 1.66. The first kappa shape index (κ1) is 24.0. The Morgan fingerprint density at radius 3 is 2.50 bits per heavy atom. The van der Waals surface area contributed by atoms with Crippen molar-refractivity contribution in [1.82, 2.24) is 19.9 Å². The van der Waals surface area contributed by atoms with Crippen LogP contribution in [0, 0.1) is 0 Å². The Hall–Kier alpha value is -3.69. The number of nitrogens with one attached hydrogen (secondary N) is 3. The summed E-state index contributed by atoms with van der Waals surface area (Å²) >= 11 is 6.11. The number of fused-ring (bicyclic) bond motifs is 1. The fourth-order valence-corrected chi connectivity index (χ4v) is 4.17. The molecule has 3 heterocycles. The molecule has 1 aliphatic rings. The van der Waals surface area contributed by atoms with Gasteiger partial charge in [-0.3, -0.25) is 4.98 Å². The summed E-state index contributed by atoms with van der Waals surface area (Å²) in [5, 5.41) is 11.8. The number of morpholine rings is 1. The van der Waals surface area contributed by atoms with Crippen LogP contribution >= 0.6 is 11.6 Å². The molecule has 0 amide bonds. The maximum absolute atomic E-state index is 6.11. The predicted octanol–water partition coefficient (Wildman–Crippen LogP) is 4.74. The van der Waals surface area contributed by atoms with Gasteiger partial charge >= 0.3 is 0 Å². The summed E-state index contributed by atoms with van der Waals surface area (Å²) in [6, 6.07) is 16.0. The number of halogens is 1. The lowest BCUT2D eigenvalue weighted by molar-refractivity contribution is 0.122. The number of pyridine rings is 1. The maximum atomic E-state index is 6.11. The fourth-order valence-electron chi connectivity index (χ4n) is 4.00. The lowest BCUT2D eigenvalue weighted by Crippen LogP contribution is -2.37. The zero-order chi connectivity index (χ0) is 24.7. The van der Waals surface area contributed by atoms with E-state index in [2.05, 4.69) is 59.8 Å². The minimum absolute atomic E-state index is 0.503. The number of benzene rings is 2. The third-order valence-electron chi connectivity index (χ3n) is 5.96. The molecule has 10 heteroatoms. The van der Waals surface area contributed by atoms with Gasteiger partial charge in [0, 0.05) is 54.2 Å². The van der Waals surface area contributed by atoms with Crippen molar-refractivity contribution in [3.05, 3.63) is 65.3 Å². The van der Waals surface area contributed by atoms with Crippen LogP contribution in [0.4, 0.5) is 29.2 Å². The van der Waals surface area contributed by atoms with Gasteiger partial charge < -0.3 is 25.6 Å². The molecule has 0 atom stereocenters. The Bertz CT molecular complexity index is 1310. The minimum atomic E-state index is 0.503. The first-order chi connectivity index (χ1) is 17.7. The van der Waals surface area contributed by atoms with Gasteiger partial charge in [-0.25, -0.2) is 0 Å². The zero-order valence-electron chi connectivity index (χ0n) is 20.2. The molecule has 5 rings (SSSR count). The molecule has 4 aromatic rings. The van der Waals surface area contributed by atoms with E-state index in [9.17, 15) is 0 Å². The van der Waals surface area contributed by atoms with E-state index in [1.165, 1.54) is 5.56 Å². The number of hydrogen-bond donors (Lipinski definition) is 3. The topological polar surface area (TPSA) is 100 Å². The number of rotatable bonds is 9. The molecule has 1 fully saturated rings. The molecule has 3 N–H and O–H groups in total. The van der Waals surface area contributed by atoms with Gasteiger partial charge in [0.2, 0.25) is 17.8 Å². The van der Waals surface area contributed by atoms with Crippen LogP contribution in [0.3, 0.4) is 0 Å². The molecule has 186 valence electrons. The van der Waals surface area contributed by atoms with Crippen molar-refractivity contribution in [3.8, 4) is 0 Å². The van der Waals surface area contributed by atoms with E-state index in [-0.39, 0.29) is 0 Å². The van der Waals surface area contributed by atoms with E-state index in [4.69, 9.17) is 16.3 Å². The molecule has 2 aromatic heterocycles. The van der Waals surface area contributed by atoms with Gasteiger partial charge in [-0.1, -0.05) is 30.7 Å². The second-order valence-electron chi connectivity index (χ2n) is 8.43. The highest BCUT2D eigenvalue weighted by Gasteiger charge is 2.17. The number of nitrogens with zero attached hydrogens (tertiary/aromatic N) is 5. The Kier molecular flexibility index (Phi) is 7.58. The normalized spacial score (nSPS) is 13.6. The largest absolute Gasteiger partial charge is 0.383 e. The second kappa shape index (κ2) is 11.4. The second-order valence-corrected chi connectivity index (χ2v) is 8.87. The van der Waals surface area contributed by atoms with Crippen LogP contribution in [0.15, 0.2) is 54.7 Å². The Labute approximate surface area is 215 Å². The molecule has 0 bridgehead atoms. The SMILES string of the molecule is CCc1ccc(Nc2nc(NCCNc3ccnc4cc(Cl)ccc34)nc(N3CCOCC3)n2)cc1. The van der Waals surface area contributed by atoms with Gasteiger partial charge in [0.15, 0.2) is 0 Å². The van der Waals surface area contributed by atoms with E-state index in [1.807, 2.05) is 36.4 Å². The van der Waals surface area contributed by atoms with Gasteiger partial charge in [0.05, 0.1) is 18.7 Å². The summed E-state index contributed by atoms with van der Waals surface area (Å²) in [7, 11) is 0. The summed E-state index contributed by atoms with van der Waals surface area (Å²) in [4.78, 5) is 20.5. The summed E-state index contributed by atoms with van der Waals surface area (Å²) in [6.07, 6.45) is 2.78. The Morgan fingerprint density at radius 1 is 0.917 bits per heavy atom.